The van der Waals surface area contributed by atoms with Crippen molar-refractivity contribution in [2.75, 3.05) is 6.54 Å². The smallest absolute Gasteiger partial charge is 0.268 e. The summed E-state index contributed by atoms with van der Waals surface area (Å²) in [5.74, 6) is -1.77. The molecule has 0 radical (unpaired) electrons. The molecule has 3 N–H and O–H groups in total. The van der Waals surface area contributed by atoms with Gasteiger partial charge in [0.2, 0.25) is 0 Å². The fraction of sp³-hybridized carbons (Fsp3) is 0.276. The lowest BCUT2D eigenvalue weighted by Crippen LogP contribution is -2.49. The SMILES string of the molecule is CCc1cccc(CNC[C@@H](O)[C@H](Cc2cc(F)cc(F)c2)NC(=O)c2cc3ccccc3n2C)c1. The monoisotopic (exact) mass is 491 g/mol. The standard InChI is InChI=1S/C29H31F2N3O2/c1-3-19-7-6-8-20(11-19)17-32-18-28(35)25(14-21-12-23(30)16-24(31)13-21)33-29(36)27-15-22-9-4-5-10-26(22)34(27)2/h4-13,15-16,25,28,32,35H,3,14,17-18H2,1-2H3,(H,33,36)/t25-,28+/m0/s1. The Kier molecular flexibility index (Phi) is 8.13. The van der Waals surface area contributed by atoms with Crippen LogP contribution in [0.5, 0.6) is 0 Å². The molecule has 0 aliphatic carbocycles. The maximum absolute atomic E-state index is 13.8. The van der Waals surface area contributed by atoms with E-state index in [0.717, 1.165) is 29.0 Å². The van der Waals surface area contributed by atoms with E-state index in [2.05, 4.69) is 29.7 Å². The molecule has 1 heterocycles. The molecule has 0 aliphatic heterocycles. The van der Waals surface area contributed by atoms with E-state index in [9.17, 15) is 18.7 Å². The van der Waals surface area contributed by atoms with E-state index in [1.165, 1.54) is 17.7 Å². The molecular weight excluding hydrogens is 460 g/mol. The third kappa shape index (κ3) is 6.17. The number of carbonyl (C=O) groups excluding carboxylic acids is 1. The van der Waals surface area contributed by atoms with Crippen LogP contribution < -0.4 is 10.6 Å². The van der Waals surface area contributed by atoms with Crippen LogP contribution in [-0.4, -0.2) is 34.3 Å². The number of nitrogens with zero attached hydrogens (tertiary/aromatic N) is 1. The first-order chi connectivity index (χ1) is 17.3. The van der Waals surface area contributed by atoms with Crippen molar-refractivity contribution in [2.45, 2.75) is 38.5 Å². The van der Waals surface area contributed by atoms with Crippen LogP contribution in [0, 0.1) is 11.6 Å². The van der Waals surface area contributed by atoms with Crippen molar-refractivity contribution in [3.63, 3.8) is 0 Å². The van der Waals surface area contributed by atoms with Crippen LogP contribution in [0.25, 0.3) is 10.9 Å². The highest BCUT2D eigenvalue weighted by Crippen LogP contribution is 2.19. The number of nitrogens with one attached hydrogen (secondary N) is 2. The van der Waals surface area contributed by atoms with Crippen molar-refractivity contribution in [3.8, 4) is 0 Å². The molecule has 36 heavy (non-hydrogen) atoms. The van der Waals surface area contributed by atoms with Gasteiger partial charge in [0.25, 0.3) is 5.91 Å². The highest BCUT2D eigenvalue weighted by molar-refractivity contribution is 5.98. The number of hydrogen-bond donors (Lipinski definition) is 3. The number of halogens is 2. The van der Waals surface area contributed by atoms with Gasteiger partial charge in [-0.15, -0.1) is 0 Å². The molecule has 0 saturated heterocycles. The van der Waals surface area contributed by atoms with Gasteiger partial charge in [-0.25, -0.2) is 8.78 Å². The van der Waals surface area contributed by atoms with Gasteiger partial charge in [-0.2, -0.15) is 0 Å². The summed E-state index contributed by atoms with van der Waals surface area (Å²) < 4.78 is 29.4. The second-order valence-electron chi connectivity index (χ2n) is 9.08. The topological polar surface area (TPSA) is 66.3 Å². The Hall–Kier alpha value is -3.55. The van der Waals surface area contributed by atoms with E-state index in [1.54, 1.807) is 17.7 Å². The highest BCUT2D eigenvalue weighted by Gasteiger charge is 2.24. The number of aliphatic hydroxyl groups is 1. The van der Waals surface area contributed by atoms with Crippen molar-refractivity contribution in [1.82, 2.24) is 15.2 Å². The molecule has 1 aromatic heterocycles. The van der Waals surface area contributed by atoms with Gasteiger partial charge in [-0.1, -0.05) is 49.4 Å². The fourth-order valence-corrected chi connectivity index (χ4v) is 4.48. The largest absolute Gasteiger partial charge is 0.390 e. The highest BCUT2D eigenvalue weighted by atomic mass is 19.1. The average Bonchev–Trinajstić information content (AvgIpc) is 3.20. The Morgan fingerprint density at radius 2 is 1.67 bits per heavy atom. The third-order valence-electron chi connectivity index (χ3n) is 6.43. The summed E-state index contributed by atoms with van der Waals surface area (Å²) in [4.78, 5) is 13.2. The molecule has 2 atom stereocenters. The third-order valence-corrected chi connectivity index (χ3v) is 6.43. The van der Waals surface area contributed by atoms with Crippen molar-refractivity contribution in [3.05, 3.63) is 107 Å². The Balaban J connectivity index is 1.50. The zero-order valence-corrected chi connectivity index (χ0v) is 20.5. The first-order valence-corrected chi connectivity index (χ1v) is 12.1. The minimum absolute atomic E-state index is 0.0680. The second kappa shape index (κ2) is 11.5. The maximum Gasteiger partial charge on any atom is 0.268 e. The summed E-state index contributed by atoms with van der Waals surface area (Å²) in [7, 11) is 1.80. The van der Waals surface area contributed by atoms with E-state index >= 15 is 0 Å². The molecule has 0 unspecified atom stereocenters. The summed E-state index contributed by atoms with van der Waals surface area (Å²) >= 11 is 0. The molecule has 5 nitrogen and oxygen atoms in total. The number of para-hydroxylation sites is 1. The molecule has 0 fully saturated rings. The van der Waals surface area contributed by atoms with Gasteiger partial charge in [-0.3, -0.25) is 4.79 Å². The lowest BCUT2D eigenvalue weighted by molar-refractivity contribution is 0.0822. The molecule has 0 saturated carbocycles. The molecule has 4 aromatic rings. The Morgan fingerprint density at radius 3 is 2.39 bits per heavy atom. The van der Waals surface area contributed by atoms with E-state index in [4.69, 9.17) is 0 Å². The normalized spacial score (nSPS) is 13.0. The number of carbonyl (C=O) groups is 1. The average molecular weight is 492 g/mol. The van der Waals surface area contributed by atoms with Crippen molar-refractivity contribution < 1.29 is 18.7 Å². The Bertz CT molecular complexity index is 1330. The summed E-state index contributed by atoms with van der Waals surface area (Å²) in [5, 5.41) is 18.1. The predicted octanol–water partition coefficient (Wildman–Crippen LogP) is 4.51. The number of aliphatic hydroxyl groups excluding tert-OH is 1. The quantitative estimate of drug-likeness (QED) is 0.306. The molecule has 3 aromatic carbocycles. The van der Waals surface area contributed by atoms with Gasteiger partial charge >= 0.3 is 0 Å². The molecule has 1 amide bonds. The second-order valence-corrected chi connectivity index (χ2v) is 9.08. The fourth-order valence-electron chi connectivity index (χ4n) is 4.48. The van der Waals surface area contributed by atoms with Gasteiger partial charge in [0.1, 0.15) is 17.3 Å². The number of aryl methyl sites for hydroxylation is 2. The number of rotatable bonds is 10. The van der Waals surface area contributed by atoms with Crippen molar-refractivity contribution >= 4 is 16.8 Å². The first kappa shape index (κ1) is 25.5. The lowest BCUT2D eigenvalue weighted by Gasteiger charge is -2.25. The summed E-state index contributed by atoms with van der Waals surface area (Å²) in [6, 6.07) is 20.1. The minimum Gasteiger partial charge on any atom is -0.390 e. The molecule has 0 aliphatic rings. The van der Waals surface area contributed by atoms with E-state index < -0.39 is 23.8 Å². The lowest BCUT2D eigenvalue weighted by atomic mass is 10.00. The van der Waals surface area contributed by atoms with Crippen LogP contribution in [0.15, 0.2) is 72.8 Å². The molecule has 0 spiro atoms. The van der Waals surface area contributed by atoms with Crippen LogP contribution in [0.1, 0.15) is 34.1 Å². The van der Waals surface area contributed by atoms with Gasteiger partial charge in [-0.05, 0) is 53.8 Å². The summed E-state index contributed by atoms with van der Waals surface area (Å²) in [6.45, 7) is 2.83. The Morgan fingerprint density at radius 1 is 0.944 bits per heavy atom. The number of hydrogen-bond acceptors (Lipinski definition) is 3. The number of amides is 1. The van der Waals surface area contributed by atoms with Crippen molar-refractivity contribution in [1.29, 1.82) is 0 Å². The van der Waals surface area contributed by atoms with Crippen LogP contribution in [0.2, 0.25) is 0 Å². The van der Waals surface area contributed by atoms with Gasteiger partial charge in [0.15, 0.2) is 0 Å². The minimum atomic E-state index is -0.996. The van der Waals surface area contributed by atoms with Gasteiger partial charge in [0, 0.05) is 37.1 Å². The summed E-state index contributed by atoms with van der Waals surface area (Å²) in [5.41, 5.74) is 4.00. The van der Waals surface area contributed by atoms with Crippen LogP contribution in [-0.2, 0) is 26.4 Å². The molecular formula is C29H31F2N3O2. The summed E-state index contributed by atoms with van der Waals surface area (Å²) in [6.07, 6.45) is 0.00545. The van der Waals surface area contributed by atoms with E-state index in [1.807, 2.05) is 36.4 Å². The zero-order chi connectivity index (χ0) is 25.7. The zero-order valence-electron chi connectivity index (χ0n) is 20.5. The number of aromatic nitrogens is 1. The first-order valence-electron chi connectivity index (χ1n) is 12.1. The van der Waals surface area contributed by atoms with Crippen LogP contribution in [0.3, 0.4) is 0 Å². The predicted molar refractivity (Wildman–Crippen MR) is 138 cm³/mol. The van der Waals surface area contributed by atoms with Gasteiger partial charge < -0.3 is 20.3 Å². The molecule has 4 rings (SSSR count). The molecule has 0 bridgehead atoms. The Labute approximate surface area is 209 Å². The van der Waals surface area contributed by atoms with Crippen LogP contribution >= 0.6 is 0 Å². The number of benzene rings is 3. The molecule has 7 heteroatoms. The van der Waals surface area contributed by atoms with Crippen LogP contribution in [0.4, 0.5) is 8.78 Å². The van der Waals surface area contributed by atoms with Crippen molar-refractivity contribution in [2.24, 2.45) is 7.05 Å². The van der Waals surface area contributed by atoms with Gasteiger partial charge in [0.05, 0.1) is 12.1 Å². The number of fused-ring (bicyclic) bond motifs is 1. The van der Waals surface area contributed by atoms with E-state index in [0.29, 0.717) is 17.8 Å². The van der Waals surface area contributed by atoms with E-state index in [-0.39, 0.29) is 18.9 Å². The molecule has 188 valence electrons. The maximum atomic E-state index is 13.8.